The van der Waals surface area contributed by atoms with Gasteiger partial charge < -0.3 is 9.52 Å². The molecule has 1 unspecified atom stereocenters. The monoisotopic (exact) mass is 286 g/mol. The average Bonchev–Trinajstić information content (AvgIpc) is 2.83. The number of hydrogen-bond donors (Lipinski definition) is 1. The summed E-state index contributed by atoms with van der Waals surface area (Å²) in [5, 5.41) is 8.51. The van der Waals surface area contributed by atoms with Crippen molar-refractivity contribution in [3.05, 3.63) is 53.3 Å². The molecule has 0 aliphatic heterocycles. The Hall–Kier alpha value is -2.02. The summed E-state index contributed by atoms with van der Waals surface area (Å²) < 4.78 is 43.4. The molecule has 0 fully saturated rings. The molecule has 2 aromatic rings. The van der Waals surface area contributed by atoms with Crippen LogP contribution in [0.2, 0.25) is 0 Å². The van der Waals surface area contributed by atoms with Gasteiger partial charge in [-0.3, -0.25) is 4.21 Å². The van der Waals surface area contributed by atoms with Gasteiger partial charge in [0.05, 0.1) is 16.6 Å². The molecule has 0 spiro atoms. The highest BCUT2D eigenvalue weighted by molar-refractivity contribution is 7.84. The van der Waals surface area contributed by atoms with Gasteiger partial charge in [-0.25, -0.2) is 13.6 Å². The van der Waals surface area contributed by atoms with E-state index in [4.69, 9.17) is 9.52 Å². The molecule has 1 aromatic heterocycles. The van der Waals surface area contributed by atoms with Crippen molar-refractivity contribution < 1.29 is 27.3 Å². The van der Waals surface area contributed by atoms with Crippen molar-refractivity contribution in [1.82, 2.24) is 0 Å². The third kappa shape index (κ3) is 2.87. The van der Waals surface area contributed by atoms with Crippen LogP contribution >= 0.6 is 0 Å². The molecule has 0 radical (unpaired) electrons. The fraction of sp³-hybridized carbons (Fsp3) is 0.0833. The average molecular weight is 286 g/mol. The maximum Gasteiger partial charge on any atom is 0.371 e. The molecule has 0 amide bonds. The molecule has 0 aliphatic rings. The number of furan rings is 1. The third-order valence-electron chi connectivity index (χ3n) is 2.35. The van der Waals surface area contributed by atoms with E-state index >= 15 is 0 Å². The van der Waals surface area contributed by atoms with E-state index < -0.39 is 34.2 Å². The normalized spacial score (nSPS) is 12.3. The van der Waals surface area contributed by atoms with Crippen molar-refractivity contribution in [2.24, 2.45) is 0 Å². The van der Waals surface area contributed by atoms with Crippen molar-refractivity contribution in [1.29, 1.82) is 0 Å². The Morgan fingerprint density at radius 1 is 1.21 bits per heavy atom. The molecule has 0 saturated carbocycles. The second-order valence-corrected chi connectivity index (χ2v) is 5.00. The Balaban J connectivity index is 2.23. The largest absolute Gasteiger partial charge is 0.475 e. The highest BCUT2D eigenvalue weighted by atomic mass is 32.2. The Bertz CT molecular complexity index is 631. The molecule has 100 valence electrons. The predicted octanol–water partition coefficient (Wildman–Crippen LogP) is 2.56. The minimum atomic E-state index is -1.86. The van der Waals surface area contributed by atoms with Gasteiger partial charge in [-0.1, -0.05) is 6.07 Å². The molecule has 1 atom stereocenters. The summed E-state index contributed by atoms with van der Waals surface area (Å²) in [5.41, 5.74) is -0.325. The van der Waals surface area contributed by atoms with Crippen LogP contribution in [0.25, 0.3) is 0 Å². The van der Waals surface area contributed by atoms with Gasteiger partial charge in [0, 0.05) is 5.56 Å². The van der Waals surface area contributed by atoms with Crippen molar-refractivity contribution in [3.63, 3.8) is 0 Å². The molecule has 0 aliphatic carbocycles. The van der Waals surface area contributed by atoms with Crippen LogP contribution in [0.5, 0.6) is 0 Å². The molecule has 1 heterocycles. The fourth-order valence-electron chi connectivity index (χ4n) is 1.43. The molecular weight excluding hydrogens is 278 g/mol. The van der Waals surface area contributed by atoms with E-state index in [-0.39, 0.29) is 16.4 Å². The number of benzene rings is 1. The third-order valence-corrected chi connectivity index (χ3v) is 3.57. The van der Waals surface area contributed by atoms with Crippen LogP contribution in [-0.4, -0.2) is 15.3 Å². The van der Waals surface area contributed by atoms with Gasteiger partial charge >= 0.3 is 5.97 Å². The summed E-state index contributed by atoms with van der Waals surface area (Å²) in [7, 11) is -1.86. The lowest BCUT2D eigenvalue weighted by Gasteiger charge is -2.03. The minimum Gasteiger partial charge on any atom is -0.475 e. The second-order valence-electron chi connectivity index (χ2n) is 3.61. The highest BCUT2D eigenvalue weighted by Gasteiger charge is 2.17. The zero-order valence-corrected chi connectivity index (χ0v) is 10.2. The molecular formula is C12H8F2O4S. The van der Waals surface area contributed by atoms with Crippen molar-refractivity contribution in [2.75, 3.05) is 0 Å². The zero-order valence-electron chi connectivity index (χ0n) is 9.43. The molecule has 0 saturated heterocycles. The molecule has 1 N–H and O–H groups in total. The number of carbonyl (C=O) groups is 1. The van der Waals surface area contributed by atoms with Crippen LogP contribution in [0.3, 0.4) is 0 Å². The van der Waals surface area contributed by atoms with Crippen molar-refractivity contribution in [3.8, 4) is 0 Å². The summed E-state index contributed by atoms with van der Waals surface area (Å²) in [6.45, 7) is 0. The Morgan fingerprint density at radius 3 is 2.37 bits per heavy atom. The van der Waals surface area contributed by atoms with E-state index in [9.17, 15) is 17.8 Å². The van der Waals surface area contributed by atoms with Gasteiger partial charge in [-0.2, -0.15) is 0 Å². The van der Waals surface area contributed by atoms with E-state index in [0.717, 1.165) is 18.2 Å². The molecule has 0 bridgehead atoms. The standard InChI is InChI=1S/C12H8F2O4S/c13-8-2-1-3-9(14)7(8)6-19(17)11-5-4-10(18-11)12(15)16/h1-5H,6H2,(H,15,16). The number of halogens is 2. The number of hydrogen-bond acceptors (Lipinski definition) is 3. The number of carboxylic acids is 1. The lowest BCUT2D eigenvalue weighted by molar-refractivity contribution is 0.0656. The molecule has 2 rings (SSSR count). The predicted molar refractivity (Wildman–Crippen MR) is 62.1 cm³/mol. The van der Waals surface area contributed by atoms with Gasteiger partial charge in [-0.05, 0) is 24.3 Å². The van der Waals surface area contributed by atoms with Gasteiger partial charge in [0.25, 0.3) is 0 Å². The minimum absolute atomic E-state index is 0.139. The maximum atomic E-state index is 13.4. The van der Waals surface area contributed by atoms with Crippen LogP contribution in [0.1, 0.15) is 16.1 Å². The SMILES string of the molecule is O=C(O)c1ccc(S(=O)Cc2c(F)cccc2F)o1. The number of rotatable bonds is 4. The second kappa shape index (κ2) is 5.31. The van der Waals surface area contributed by atoms with Crippen LogP contribution in [0.4, 0.5) is 8.78 Å². The van der Waals surface area contributed by atoms with Crippen LogP contribution in [-0.2, 0) is 16.6 Å². The lowest BCUT2D eigenvalue weighted by atomic mass is 10.2. The lowest BCUT2D eigenvalue weighted by Crippen LogP contribution is -2.01. The Morgan fingerprint density at radius 2 is 1.84 bits per heavy atom. The van der Waals surface area contributed by atoms with E-state index in [0.29, 0.717) is 0 Å². The van der Waals surface area contributed by atoms with E-state index in [1.54, 1.807) is 0 Å². The summed E-state index contributed by atoms with van der Waals surface area (Å²) in [5.74, 6) is -3.72. The highest BCUT2D eigenvalue weighted by Crippen LogP contribution is 2.19. The van der Waals surface area contributed by atoms with Crippen molar-refractivity contribution >= 4 is 16.8 Å². The summed E-state index contributed by atoms with van der Waals surface area (Å²) in [6, 6.07) is 5.65. The van der Waals surface area contributed by atoms with E-state index in [2.05, 4.69) is 0 Å². The molecule has 1 aromatic carbocycles. The molecule has 19 heavy (non-hydrogen) atoms. The number of aromatic carboxylic acids is 1. The van der Waals surface area contributed by atoms with Crippen LogP contribution in [0, 0.1) is 11.6 Å². The first-order chi connectivity index (χ1) is 8.99. The number of carboxylic acid groups (broad SMARTS) is 1. The maximum absolute atomic E-state index is 13.4. The van der Waals surface area contributed by atoms with Gasteiger partial charge in [0.15, 0.2) is 5.09 Å². The van der Waals surface area contributed by atoms with Crippen molar-refractivity contribution in [2.45, 2.75) is 10.8 Å². The summed E-state index contributed by atoms with van der Waals surface area (Å²) in [6.07, 6.45) is 0. The first-order valence-corrected chi connectivity index (χ1v) is 6.45. The van der Waals surface area contributed by atoms with Crippen LogP contribution < -0.4 is 0 Å². The smallest absolute Gasteiger partial charge is 0.371 e. The first-order valence-electron chi connectivity index (χ1n) is 5.13. The Labute approximate surface area is 109 Å². The van der Waals surface area contributed by atoms with E-state index in [1.165, 1.54) is 12.1 Å². The van der Waals surface area contributed by atoms with E-state index in [1.807, 2.05) is 0 Å². The quantitative estimate of drug-likeness (QED) is 0.938. The fourth-order valence-corrected chi connectivity index (χ4v) is 2.51. The summed E-state index contributed by atoms with van der Waals surface area (Å²) >= 11 is 0. The molecule has 7 heteroatoms. The van der Waals surface area contributed by atoms with Gasteiger partial charge in [-0.15, -0.1) is 0 Å². The summed E-state index contributed by atoms with van der Waals surface area (Å²) in [4.78, 5) is 10.6. The zero-order chi connectivity index (χ0) is 14.0. The van der Waals surface area contributed by atoms with Gasteiger partial charge in [0.2, 0.25) is 5.76 Å². The topological polar surface area (TPSA) is 67.5 Å². The van der Waals surface area contributed by atoms with Crippen LogP contribution in [0.15, 0.2) is 39.8 Å². The van der Waals surface area contributed by atoms with Gasteiger partial charge in [0.1, 0.15) is 11.6 Å². The Kier molecular flexibility index (Phi) is 3.75. The molecule has 4 nitrogen and oxygen atoms in total. The first kappa shape index (κ1) is 13.4.